The van der Waals surface area contributed by atoms with Gasteiger partial charge in [-0.2, -0.15) is 0 Å². The molecule has 0 aromatic rings. The zero-order valence-corrected chi connectivity index (χ0v) is 46.6. The molecule has 2 aliphatic heterocycles. The molecule has 0 aromatic carbocycles. The van der Waals surface area contributed by atoms with E-state index in [1.807, 2.05) is 6.08 Å². The molecule has 14 heteroatoms. The van der Waals surface area contributed by atoms with Crippen LogP contribution in [0.15, 0.2) is 36.5 Å². The van der Waals surface area contributed by atoms with Crippen LogP contribution in [0.25, 0.3) is 0 Å². The molecule has 2 rings (SSSR count). The number of ether oxygens (including phenoxy) is 4. The number of aliphatic hydroxyl groups excluding tert-OH is 8. The van der Waals surface area contributed by atoms with E-state index in [2.05, 4.69) is 43.5 Å². The van der Waals surface area contributed by atoms with Gasteiger partial charge in [-0.05, 0) is 51.4 Å². The van der Waals surface area contributed by atoms with Crippen LogP contribution in [0, 0.1) is 0 Å². The summed E-state index contributed by atoms with van der Waals surface area (Å²) >= 11 is 0. The van der Waals surface area contributed by atoms with Crippen molar-refractivity contribution < 1.29 is 64.6 Å². The SMILES string of the molecule is CCCC/C=C\CCCCCCCC(=O)NC(COC1OC(CO)C(OC2OC(CO)C(O)C(O)C2O)C(O)C1O)C(O)/C=C/CC/C=C/CCCCCCCCCCCCCCCCCCCCCCCCC. The molecule has 0 radical (unpaired) electrons. The highest BCUT2D eigenvalue weighted by Gasteiger charge is 2.51. The predicted octanol–water partition coefficient (Wildman–Crippen LogP) is 10.2. The van der Waals surface area contributed by atoms with Gasteiger partial charge in [0.15, 0.2) is 12.6 Å². The largest absolute Gasteiger partial charge is 0.394 e. The van der Waals surface area contributed by atoms with Crippen LogP contribution >= 0.6 is 0 Å². The van der Waals surface area contributed by atoms with Gasteiger partial charge in [-0.3, -0.25) is 4.79 Å². The Balaban J connectivity index is 1.70. The predicted molar refractivity (Wildman–Crippen MR) is 295 cm³/mol. The lowest BCUT2D eigenvalue weighted by Crippen LogP contribution is -2.65. The van der Waals surface area contributed by atoms with Gasteiger partial charge in [0.1, 0.15) is 48.8 Å². The first kappa shape index (κ1) is 68.3. The Labute approximate surface area is 449 Å². The first-order valence-electron chi connectivity index (χ1n) is 30.2. The summed E-state index contributed by atoms with van der Waals surface area (Å²) in [7, 11) is 0. The number of allylic oxidation sites excluding steroid dienone is 5. The highest BCUT2D eigenvalue weighted by atomic mass is 16.7. The standard InChI is InChI=1S/C60H111NO13/c1-3-5-7-9-11-13-15-16-17-18-19-20-21-22-23-24-25-26-27-28-29-30-31-32-34-35-37-39-41-43-49(64)48(61-52(65)44-42-40-38-36-33-14-12-10-8-6-4-2)47-71-59-57(70)55(68)58(51(46-63)73-59)74-60-56(69)54(67)53(66)50(45-62)72-60/h10,12,34-35,41,43,48-51,53-60,62-64,66-70H,3-9,11,13-33,36-40,42,44-47H2,1-2H3,(H,61,65)/b12-10-,35-34+,43-41+. The van der Waals surface area contributed by atoms with Crippen LogP contribution in [0.3, 0.4) is 0 Å². The Morgan fingerprint density at radius 2 is 0.878 bits per heavy atom. The fourth-order valence-corrected chi connectivity index (χ4v) is 9.88. The van der Waals surface area contributed by atoms with Crippen LogP contribution < -0.4 is 5.32 Å². The number of aliphatic hydroxyl groups is 8. The minimum absolute atomic E-state index is 0.259. The van der Waals surface area contributed by atoms with Gasteiger partial charge in [0.05, 0.1) is 32.0 Å². The fraction of sp³-hybridized carbons (Fsp3) is 0.883. The molecule has 0 saturated carbocycles. The Morgan fingerprint density at radius 1 is 0.473 bits per heavy atom. The number of unbranched alkanes of at least 4 members (excludes halogenated alkanes) is 31. The van der Waals surface area contributed by atoms with Crippen LogP contribution in [-0.2, 0) is 23.7 Å². The number of hydrogen-bond acceptors (Lipinski definition) is 13. The molecular formula is C60H111NO13. The van der Waals surface area contributed by atoms with Crippen LogP contribution in [0.5, 0.6) is 0 Å². The molecule has 1 amide bonds. The van der Waals surface area contributed by atoms with Gasteiger partial charge < -0.3 is 65.1 Å². The third-order valence-corrected chi connectivity index (χ3v) is 14.8. The monoisotopic (exact) mass is 1050 g/mol. The molecule has 0 aromatic heterocycles. The van der Waals surface area contributed by atoms with Crippen molar-refractivity contribution in [2.45, 2.75) is 319 Å². The molecule has 0 aliphatic carbocycles. The molecule has 2 fully saturated rings. The van der Waals surface area contributed by atoms with Gasteiger partial charge in [0.25, 0.3) is 0 Å². The quantitative estimate of drug-likeness (QED) is 0.0204. The minimum atomic E-state index is -1.79. The molecule has 74 heavy (non-hydrogen) atoms. The molecule has 0 bridgehead atoms. The van der Waals surface area contributed by atoms with E-state index in [-0.39, 0.29) is 18.9 Å². The molecule has 2 saturated heterocycles. The molecule has 9 N–H and O–H groups in total. The molecule has 434 valence electrons. The van der Waals surface area contributed by atoms with Gasteiger partial charge >= 0.3 is 0 Å². The van der Waals surface area contributed by atoms with Crippen molar-refractivity contribution in [1.29, 1.82) is 0 Å². The topological polar surface area (TPSA) is 228 Å². The number of amides is 1. The maximum absolute atomic E-state index is 13.2. The smallest absolute Gasteiger partial charge is 0.220 e. The average Bonchev–Trinajstić information content (AvgIpc) is 3.40. The molecule has 14 nitrogen and oxygen atoms in total. The van der Waals surface area contributed by atoms with Gasteiger partial charge in [0, 0.05) is 6.42 Å². The van der Waals surface area contributed by atoms with Crippen molar-refractivity contribution in [1.82, 2.24) is 5.32 Å². The average molecular weight is 1050 g/mol. The number of rotatable bonds is 48. The van der Waals surface area contributed by atoms with E-state index in [1.54, 1.807) is 6.08 Å². The summed E-state index contributed by atoms with van der Waals surface area (Å²) in [5.74, 6) is -0.259. The second kappa shape index (κ2) is 46.2. The molecule has 12 atom stereocenters. The zero-order chi connectivity index (χ0) is 53.9. The van der Waals surface area contributed by atoms with Gasteiger partial charge in [-0.15, -0.1) is 0 Å². The van der Waals surface area contributed by atoms with Crippen molar-refractivity contribution in [3.05, 3.63) is 36.5 Å². The Bertz CT molecular complexity index is 1380. The van der Waals surface area contributed by atoms with Crippen LogP contribution in [0.1, 0.15) is 245 Å². The van der Waals surface area contributed by atoms with E-state index in [9.17, 15) is 45.6 Å². The first-order valence-corrected chi connectivity index (χ1v) is 30.2. The summed E-state index contributed by atoms with van der Waals surface area (Å²) in [6.45, 7) is 2.74. The Kier molecular flexibility index (Phi) is 42.6. The van der Waals surface area contributed by atoms with Crippen LogP contribution in [0.2, 0.25) is 0 Å². The van der Waals surface area contributed by atoms with Gasteiger partial charge in [-0.25, -0.2) is 0 Å². The summed E-state index contributed by atoms with van der Waals surface area (Å²) in [5.41, 5.74) is 0. The second-order valence-electron chi connectivity index (χ2n) is 21.5. The number of carbonyl (C=O) groups is 1. The zero-order valence-electron chi connectivity index (χ0n) is 46.6. The second-order valence-corrected chi connectivity index (χ2v) is 21.5. The van der Waals surface area contributed by atoms with E-state index in [4.69, 9.17) is 18.9 Å². The summed E-state index contributed by atoms with van der Waals surface area (Å²) in [5, 5.41) is 86.9. The van der Waals surface area contributed by atoms with Crippen LogP contribution in [0.4, 0.5) is 0 Å². The molecule has 2 aliphatic rings. The van der Waals surface area contributed by atoms with E-state index in [1.165, 1.54) is 161 Å². The minimum Gasteiger partial charge on any atom is -0.394 e. The van der Waals surface area contributed by atoms with Gasteiger partial charge in [0.2, 0.25) is 5.91 Å². The molecular weight excluding hydrogens is 943 g/mol. The Morgan fingerprint density at radius 3 is 1.36 bits per heavy atom. The van der Waals surface area contributed by atoms with Gasteiger partial charge in [-0.1, -0.05) is 224 Å². The molecule has 0 spiro atoms. The lowest BCUT2D eigenvalue weighted by molar-refractivity contribution is -0.359. The van der Waals surface area contributed by atoms with Crippen molar-refractivity contribution in [2.75, 3.05) is 19.8 Å². The lowest BCUT2D eigenvalue weighted by atomic mass is 9.97. The van der Waals surface area contributed by atoms with Crippen molar-refractivity contribution in [3.8, 4) is 0 Å². The lowest BCUT2D eigenvalue weighted by Gasteiger charge is -2.46. The van der Waals surface area contributed by atoms with E-state index >= 15 is 0 Å². The summed E-state index contributed by atoms with van der Waals surface area (Å²) < 4.78 is 22.7. The molecule has 12 unspecified atom stereocenters. The molecule has 2 heterocycles. The van der Waals surface area contributed by atoms with E-state index < -0.39 is 86.8 Å². The fourth-order valence-electron chi connectivity index (χ4n) is 9.88. The highest BCUT2D eigenvalue weighted by Crippen LogP contribution is 2.30. The normalized spacial score (nSPS) is 25.4. The highest BCUT2D eigenvalue weighted by molar-refractivity contribution is 5.76. The number of carbonyl (C=O) groups excluding carboxylic acids is 1. The van der Waals surface area contributed by atoms with Crippen LogP contribution in [-0.4, -0.2) is 140 Å². The van der Waals surface area contributed by atoms with E-state index in [0.29, 0.717) is 12.8 Å². The third kappa shape index (κ3) is 31.6. The number of hydrogen-bond donors (Lipinski definition) is 9. The number of nitrogens with one attached hydrogen (secondary N) is 1. The first-order chi connectivity index (χ1) is 36.1. The third-order valence-electron chi connectivity index (χ3n) is 14.8. The summed E-state index contributed by atoms with van der Waals surface area (Å²) in [6.07, 6.45) is 39.3. The maximum atomic E-state index is 13.2. The van der Waals surface area contributed by atoms with Crippen molar-refractivity contribution >= 4 is 5.91 Å². The summed E-state index contributed by atoms with van der Waals surface area (Å²) in [6, 6.07) is -0.934. The van der Waals surface area contributed by atoms with Crippen molar-refractivity contribution in [3.63, 3.8) is 0 Å². The Hall–Kier alpha value is -1.79. The van der Waals surface area contributed by atoms with Crippen molar-refractivity contribution in [2.24, 2.45) is 0 Å². The van der Waals surface area contributed by atoms with E-state index in [0.717, 1.165) is 51.4 Å². The summed E-state index contributed by atoms with van der Waals surface area (Å²) in [4.78, 5) is 13.2. The maximum Gasteiger partial charge on any atom is 0.220 e.